The molecule has 1 N–H and O–H groups in total. The SMILES string of the molecule is Cc1ccc2oc(C(=O)N3CCC(C(C)O)CC3)cc2c1. The van der Waals surface area contributed by atoms with Crippen molar-refractivity contribution < 1.29 is 14.3 Å². The first-order chi connectivity index (χ1) is 10.0. The maximum absolute atomic E-state index is 12.5. The van der Waals surface area contributed by atoms with Gasteiger partial charge in [-0.3, -0.25) is 4.79 Å². The minimum atomic E-state index is -0.295. The standard InChI is InChI=1S/C17H21NO3/c1-11-3-4-15-14(9-11)10-16(21-15)17(20)18-7-5-13(6-8-18)12(2)19/h3-4,9-10,12-13,19H,5-8H2,1-2H3. The number of benzene rings is 1. The third-order valence-electron chi connectivity index (χ3n) is 4.39. The van der Waals surface area contributed by atoms with Crippen molar-refractivity contribution >= 4 is 16.9 Å². The van der Waals surface area contributed by atoms with Crippen molar-refractivity contribution in [3.63, 3.8) is 0 Å². The lowest BCUT2D eigenvalue weighted by Crippen LogP contribution is -2.40. The van der Waals surface area contributed by atoms with E-state index in [1.54, 1.807) is 0 Å². The van der Waals surface area contributed by atoms with Crippen LogP contribution in [0.3, 0.4) is 0 Å². The molecule has 1 aliphatic rings. The van der Waals surface area contributed by atoms with Gasteiger partial charge in [-0.25, -0.2) is 0 Å². The Balaban J connectivity index is 1.75. The molecule has 4 heteroatoms. The molecule has 1 unspecified atom stereocenters. The van der Waals surface area contributed by atoms with Crippen LogP contribution in [0.2, 0.25) is 0 Å². The van der Waals surface area contributed by atoms with Gasteiger partial charge < -0.3 is 14.4 Å². The molecule has 4 nitrogen and oxygen atoms in total. The highest BCUT2D eigenvalue weighted by molar-refractivity contribution is 5.96. The average Bonchev–Trinajstić information content (AvgIpc) is 2.89. The summed E-state index contributed by atoms with van der Waals surface area (Å²) < 4.78 is 5.67. The highest BCUT2D eigenvalue weighted by atomic mass is 16.3. The molecule has 1 atom stereocenters. The molecular formula is C17H21NO3. The summed E-state index contributed by atoms with van der Waals surface area (Å²) in [4.78, 5) is 14.3. The number of furan rings is 1. The molecule has 3 rings (SSSR count). The Morgan fingerprint density at radius 1 is 1.33 bits per heavy atom. The van der Waals surface area contributed by atoms with E-state index in [1.807, 2.05) is 43.0 Å². The number of hydrogen-bond donors (Lipinski definition) is 1. The molecule has 112 valence electrons. The number of hydrogen-bond acceptors (Lipinski definition) is 3. The molecule has 1 saturated heterocycles. The third-order valence-corrected chi connectivity index (χ3v) is 4.39. The zero-order valence-corrected chi connectivity index (χ0v) is 12.5. The Morgan fingerprint density at radius 3 is 2.71 bits per heavy atom. The second kappa shape index (κ2) is 5.53. The molecule has 1 aromatic heterocycles. The fourth-order valence-electron chi connectivity index (χ4n) is 3.01. The molecule has 1 aliphatic heterocycles. The van der Waals surface area contributed by atoms with E-state index in [0.717, 1.165) is 29.4 Å². The predicted molar refractivity (Wildman–Crippen MR) is 81.3 cm³/mol. The van der Waals surface area contributed by atoms with Crippen molar-refractivity contribution in [2.75, 3.05) is 13.1 Å². The number of aliphatic hydroxyl groups is 1. The van der Waals surface area contributed by atoms with Crippen LogP contribution in [0.4, 0.5) is 0 Å². The van der Waals surface area contributed by atoms with Crippen LogP contribution in [-0.2, 0) is 0 Å². The second-order valence-corrected chi connectivity index (χ2v) is 6.02. The maximum atomic E-state index is 12.5. The molecule has 0 radical (unpaired) electrons. The van der Waals surface area contributed by atoms with Crippen molar-refractivity contribution in [3.05, 3.63) is 35.6 Å². The zero-order valence-electron chi connectivity index (χ0n) is 12.5. The van der Waals surface area contributed by atoms with Gasteiger partial charge in [0.1, 0.15) is 5.58 Å². The van der Waals surface area contributed by atoms with E-state index in [2.05, 4.69) is 0 Å². The first kappa shape index (κ1) is 14.1. The molecule has 0 saturated carbocycles. The molecule has 0 spiro atoms. The number of likely N-dealkylation sites (tertiary alicyclic amines) is 1. The van der Waals surface area contributed by atoms with Crippen LogP contribution < -0.4 is 0 Å². The minimum absolute atomic E-state index is 0.0482. The van der Waals surface area contributed by atoms with Crippen LogP contribution in [0.15, 0.2) is 28.7 Å². The lowest BCUT2D eigenvalue weighted by molar-refractivity contribution is 0.0500. The van der Waals surface area contributed by atoms with Gasteiger partial charge in [0, 0.05) is 18.5 Å². The number of amides is 1. The summed E-state index contributed by atoms with van der Waals surface area (Å²) >= 11 is 0. The van der Waals surface area contributed by atoms with Gasteiger partial charge in [0.05, 0.1) is 6.10 Å². The number of nitrogens with zero attached hydrogens (tertiary/aromatic N) is 1. The summed E-state index contributed by atoms with van der Waals surface area (Å²) in [6, 6.07) is 7.73. The number of fused-ring (bicyclic) bond motifs is 1. The molecule has 21 heavy (non-hydrogen) atoms. The van der Waals surface area contributed by atoms with Gasteiger partial charge in [-0.1, -0.05) is 11.6 Å². The molecule has 0 aliphatic carbocycles. The van der Waals surface area contributed by atoms with Gasteiger partial charge in [0.25, 0.3) is 5.91 Å². The first-order valence-corrected chi connectivity index (χ1v) is 7.52. The summed E-state index contributed by atoms with van der Waals surface area (Å²) in [6.45, 7) is 5.22. The lowest BCUT2D eigenvalue weighted by atomic mass is 9.92. The summed E-state index contributed by atoms with van der Waals surface area (Å²) in [5, 5.41) is 10.6. The van der Waals surface area contributed by atoms with Gasteiger partial charge in [0.2, 0.25) is 0 Å². The number of aryl methyl sites for hydroxylation is 1. The number of rotatable bonds is 2. The highest BCUT2D eigenvalue weighted by Gasteiger charge is 2.27. The number of aliphatic hydroxyl groups excluding tert-OH is 1. The first-order valence-electron chi connectivity index (χ1n) is 7.52. The van der Waals surface area contributed by atoms with Crippen LogP contribution in [0.25, 0.3) is 11.0 Å². The molecule has 1 fully saturated rings. The zero-order chi connectivity index (χ0) is 15.0. The van der Waals surface area contributed by atoms with Crippen LogP contribution in [0.5, 0.6) is 0 Å². The Hall–Kier alpha value is -1.81. The minimum Gasteiger partial charge on any atom is -0.451 e. The van der Waals surface area contributed by atoms with Gasteiger partial charge in [0.15, 0.2) is 5.76 Å². The van der Waals surface area contributed by atoms with Gasteiger partial charge in [-0.15, -0.1) is 0 Å². The Labute approximate surface area is 124 Å². The molecular weight excluding hydrogens is 266 g/mol. The molecule has 2 aromatic rings. The van der Waals surface area contributed by atoms with Crippen molar-refractivity contribution in [3.8, 4) is 0 Å². The Bertz CT molecular complexity index is 651. The van der Waals surface area contributed by atoms with Gasteiger partial charge >= 0.3 is 0 Å². The normalized spacial score (nSPS) is 18.1. The molecule has 1 amide bonds. The van der Waals surface area contributed by atoms with E-state index >= 15 is 0 Å². The van der Waals surface area contributed by atoms with Gasteiger partial charge in [-0.2, -0.15) is 0 Å². The van der Waals surface area contributed by atoms with Crippen molar-refractivity contribution in [1.82, 2.24) is 4.90 Å². The molecule has 0 bridgehead atoms. The number of carbonyl (C=O) groups excluding carboxylic acids is 1. The predicted octanol–water partition coefficient (Wildman–Crippen LogP) is 2.97. The van der Waals surface area contributed by atoms with E-state index in [-0.39, 0.29) is 12.0 Å². The second-order valence-electron chi connectivity index (χ2n) is 6.02. The quantitative estimate of drug-likeness (QED) is 0.924. The van der Waals surface area contributed by atoms with E-state index in [9.17, 15) is 9.90 Å². The van der Waals surface area contributed by atoms with Crippen LogP contribution in [0.1, 0.15) is 35.9 Å². The van der Waals surface area contributed by atoms with Crippen LogP contribution >= 0.6 is 0 Å². The van der Waals surface area contributed by atoms with E-state index in [0.29, 0.717) is 24.8 Å². The van der Waals surface area contributed by atoms with Crippen LogP contribution in [-0.4, -0.2) is 35.1 Å². The Morgan fingerprint density at radius 2 is 2.05 bits per heavy atom. The summed E-state index contributed by atoms with van der Waals surface area (Å²) in [5.41, 5.74) is 1.91. The largest absolute Gasteiger partial charge is 0.451 e. The van der Waals surface area contributed by atoms with E-state index in [1.165, 1.54) is 0 Å². The molecule has 2 heterocycles. The summed E-state index contributed by atoms with van der Waals surface area (Å²) in [6.07, 6.45) is 1.40. The third kappa shape index (κ3) is 2.81. The molecule has 1 aromatic carbocycles. The number of carbonyl (C=O) groups is 1. The summed E-state index contributed by atoms with van der Waals surface area (Å²) in [7, 11) is 0. The fourth-order valence-corrected chi connectivity index (χ4v) is 3.01. The maximum Gasteiger partial charge on any atom is 0.289 e. The van der Waals surface area contributed by atoms with Crippen molar-refractivity contribution in [2.24, 2.45) is 5.92 Å². The lowest BCUT2D eigenvalue weighted by Gasteiger charge is -2.32. The summed E-state index contributed by atoms with van der Waals surface area (Å²) in [5.74, 6) is 0.659. The van der Waals surface area contributed by atoms with E-state index < -0.39 is 0 Å². The number of piperidine rings is 1. The topological polar surface area (TPSA) is 53.7 Å². The van der Waals surface area contributed by atoms with Crippen molar-refractivity contribution in [1.29, 1.82) is 0 Å². The highest BCUT2D eigenvalue weighted by Crippen LogP contribution is 2.25. The van der Waals surface area contributed by atoms with Crippen molar-refractivity contribution in [2.45, 2.75) is 32.8 Å². The smallest absolute Gasteiger partial charge is 0.289 e. The average molecular weight is 287 g/mol. The van der Waals surface area contributed by atoms with Crippen LogP contribution in [0, 0.1) is 12.8 Å². The fraction of sp³-hybridized carbons (Fsp3) is 0.471. The monoisotopic (exact) mass is 287 g/mol. The van der Waals surface area contributed by atoms with E-state index in [4.69, 9.17) is 4.42 Å². The van der Waals surface area contributed by atoms with Gasteiger partial charge in [-0.05, 0) is 50.8 Å². The Kier molecular flexibility index (Phi) is 3.72.